The third kappa shape index (κ3) is 3.25. The van der Waals surface area contributed by atoms with Gasteiger partial charge < -0.3 is 14.9 Å². The Labute approximate surface area is 131 Å². The number of carboxylic acid groups (broad SMARTS) is 1. The quantitative estimate of drug-likeness (QED) is 0.773. The fourth-order valence-electron chi connectivity index (χ4n) is 3.35. The van der Waals surface area contributed by atoms with Crippen molar-refractivity contribution >= 4 is 17.8 Å². The molecule has 2 rings (SSSR count). The van der Waals surface area contributed by atoms with Gasteiger partial charge in [-0.3, -0.25) is 9.59 Å². The van der Waals surface area contributed by atoms with Crippen LogP contribution in [-0.4, -0.2) is 57.4 Å². The van der Waals surface area contributed by atoms with Crippen LogP contribution in [0.1, 0.15) is 52.9 Å². The molecule has 0 aromatic carbocycles. The maximum absolute atomic E-state index is 12.7. The van der Waals surface area contributed by atoms with Crippen molar-refractivity contribution in [1.29, 1.82) is 0 Å². The van der Waals surface area contributed by atoms with E-state index in [0.717, 1.165) is 25.7 Å². The predicted molar refractivity (Wildman–Crippen MR) is 81.2 cm³/mol. The Bertz CT molecular complexity index is 457. The molecular weight excluding hydrogens is 284 g/mol. The monoisotopic (exact) mass is 310 g/mol. The second-order valence-electron chi connectivity index (χ2n) is 6.41. The smallest absolute Gasteiger partial charge is 0.326 e. The topological polar surface area (TPSA) is 77.9 Å². The zero-order chi connectivity index (χ0) is 16.4. The van der Waals surface area contributed by atoms with Crippen molar-refractivity contribution in [2.45, 2.75) is 71.0 Å². The summed E-state index contributed by atoms with van der Waals surface area (Å²) < 4.78 is 0. The summed E-state index contributed by atoms with van der Waals surface area (Å²) in [4.78, 5) is 39.5. The fourth-order valence-corrected chi connectivity index (χ4v) is 3.35. The van der Waals surface area contributed by atoms with E-state index < -0.39 is 17.9 Å². The fraction of sp³-hybridized carbons (Fsp3) is 0.812. The zero-order valence-corrected chi connectivity index (χ0v) is 13.6. The van der Waals surface area contributed by atoms with E-state index in [1.165, 1.54) is 4.90 Å². The first-order valence-corrected chi connectivity index (χ1v) is 8.25. The van der Waals surface area contributed by atoms with E-state index in [-0.39, 0.29) is 30.3 Å². The van der Waals surface area contributed by atoms with Gasteiger partial charge in [0.2, 0.25) is 11.8 Å². The maximum Gasteiger partial charge on any atom is 0.326 e. The van der Waals surface area contributed by atoms with E-state index in [1.54, 1.807) is 11.8 Å². The minimum absolute atomic E-state index is 0.0192. The van der Waals surface area contributed by atoms with Gasteiger partial charge in [-0.2, -0.15) is 0 Å². The van der Waals surface area contributed by atoms with Crippen LogP contribution >= 0.6 is 0 Å². The molecule has 0 aromatic rings. The van der Waals surface area contributed by atoms with Crippen LogP contribution in [0, 0.1) is 5.92 Å². The molecule has 2 atom stereocenters. The minimum atomic E-state index is -0.985. The lowest BCUT2D eigenvalue weighted by atomic mass is 10.1. The van der Waals surface area contributed by atoms with Gasteiger partial charge in [-0.25, -0.2) is 4.79 Å². The number of carboxylic acids is 1. The number of carbonyl (C=O) groups excluding carboxylic acids is 2. The molecule has 0 radical (unpaired) electrons. The highest BCUT2D eigenvalue weighted by Crippen LogP contribution is 2.33. The third-order valence-electron chi connectivity index (χ3n) is 4.86. The predicted octanol–water partition coefficient (Wildman–Crippen LogP) is 1.49. The van der Waals surface area contributed by atoms with Crippen molar-refractivity contribution in [3.8, 4) is 0 Å². The average Bonchev–Trinajstić information content (AvgIpc) is 3.23. The number of amides is 2. The van der Waals surface area contributed by atoms with Crippen molar-refractivity contribution in [3.05, 3.63) is 0 Å². The van der Waals surface area contributed by atoms with Crippen LogP contribution in [0.15, 0.2) is 0 Å². The van der Waals surface area contributed by atoms with Crippen LogP contribution in [0.5, 0.6) is 0 Å². The van der Waals surface area contributed by atoms with E-state index in [0.29, 0.717) is 6.54 Å². The van der Waals surface area contributed by atoms with Gasteiger partial charge in [-0.1, -0.05) is 13.8 Å². The standard InChI is InChI=1S/C16H26N2O4/c1-4-12(5-2)17-9-11(8-14(17)19)15(20)18(13-6-7-13)10(3)16(21)22/h10-13H,4-9H2,1-3H3,(H,21,22). The van der Waals surface area contributed by atoms with Crippen molar-refractivity contribution in [3.63, 3.8) is 0 Å². The van der Waals surface area contributed by atoms with Gasteiger partial charge in [0.05, 0.1) is 5.92 Å². The molecule has 1 aliphatic carbocycles. The van der Waals surface area contributed by atoms with Crippen molar-refractivity contribution in [2.75, 3.05) is 6.54 Å². The Morgan fingerprint density at radius 3 is 2.36 bits per heavy atom. The summed E-state index contributed by atoms with van der Waals surface area (Å²) in [5.41, 5.74) is 0. The second kappa shape index (κ2) is 6.67. The molecule has 1 saturated carbocycles. The first-order valence-electron chi connectivity index (χ1n) is 8.25. The molecule has 1 aliphatic heterocycles. The number of hydrogen-bond donors (Lipinski definition) is 1. The molecular formula is C16H26N2O4. The molecule has 1 heterocycles. The molecule has 2 aliphatic rings. The minimum Gasteiger partial charge on any atom is -0.480 e. The molecule has 6 nitrogen and oxygen atoms in total. The molecule has 6 heteroatoms. The summed E-state index contributed by atoms with van der Waals surface area (Å²) in [6, 6.07) is -0.607. The number of nitrogens with zero attached hydrogens (tertiary/aromatic N) is 2. The Morgan fingerprint density at radius 2 is 1.91 bits per heavy atom. The Kier molecular flexibility index (Phi) is 5.08. The second-order valence-corrected chi connectivity index (χ2v) is 6.41. The summed E-state index contributed by atoms with van der Waals surface area (Å²) in [5, 5.41) is 9.22. The maximum atomic E-state index is 12.7. The Hall–Kier alpha value is -1.59. The van der Waals surface area contributed by atoms with Crippen LogP contribution in [-0.2, 0) is 14.4 Å². The van der Waals surface area contributed by atoms with Gasteiger partial charge in [0.1, 0.15) is 6.04 Å². The van der Waals surface area contributed by atoms with E-state index in [4.69, 9.17) is 0 Å². The number of aliphatic carboxylic acids is 1. The molecule has 0 spiro atoms. The highest BCUT2D eigenvalue weighted by Gasteiger charge is 2.45. The average molecular weight is 310 g/mol. The van der Waals surface area contributed by atoms with Gasteiger partial charge in [-0.15, -0.1) is 0 Å². The molecule has 1 saturated heterocycles. The van der Waals surface area contributed by atoms with Crippen LogP contribution < -0.4 is 0 Å². The van der Waals surface area contributed by atoms with Crippen LogP contribution in [0.25, 0.3) is 0 Å². The lowest BCUT2D eigenvalue weighted by Crippen LogP contribution is -2.48. The van der Waals surface area contributed by atoms with Gasteiger partial charge >= 0.3 is 5.97 Å². The van der Waals surface area contributed by atoms with Gasteiger partial charge in [0.15, 0.2) is 0 Å². The van der Waals surface area contributed by atoms with E-state index in [2.05, 4.69) is 0 Å². The number of carbonyl (C=O) groups is 3. The molecule has 2 amide bonds. The van der Waals surface area contributed by atoms with Gasteiger partial charge in [0, 0.05) is 25.0 Å². The number of hydrogen-bond acceptors (Lipinski definition) is 3. The van der Waals surface area contributed by atoms with E-state index in [1.807, 2.05) is 13.8 Å². The number of rotatable bonds is 7. The zero-order valence-electron chi connectivity index (χ0n) is 13.6. The summed E-state index contributed by atoms with van der Waals surface area (Å²) in [7, 11) is 0. The van der Waals surface area contributed by atoms with Crippen molar-refractivity contribution in [1.82, 2.24) is 9.80 Å². The molecule has 1 N–H and O–H groups in total. The van der Waals surface area contributed by atoms with E-state index in [9.17, 15) is 19.5 Å². The van der Waals surface area contributed by atoms with Crippen LogP contribution in [0.3, 0.4) is 0 Å². The van der Waals surface area contributed by atoms with E-state index >= 15 is 0 Å². The largest absolute Gasteiger partial charge is 0.480 e. The molecule has 124 valence electrons. The Balaban J connectivity index is 2.09. The lowest BCUT2D eigenvalue weighted by Gasteiger charge is -2.30. The number of likely N-dealkylation sites (tertiary alicyclic amines) is 1. The normalized spacial score (nSPS) is 23.0. The lowest BCUT2D eigenvalue weighted by molar-refractivity contribution is -0.151. The SMILES string of the molecule is CCC(CC)N1CC(C(=O)N(C2CC2)C(C)C(=O)O)CC1=O. The Morgan fingerprint density at radius 1 is 1.32 bits per heavy atom. The van der Waals surface area contributed by atoms with Crippen LogP contribution in [0.2, 0.25) is 0 Å². The molecule has 0 bridgehead atoms. The summed E-state index contributed by atoms with van der Waals surface area (Å²) in [6.07, 6.45) is 3.69. The first kappa shape index (κ1) is 16.8. The molecule has 2 unspecified atom stereocenters. The molecule has 22 heavy (non-hydrogen) atoms. The van der Waals surface area contributed by atoms with Gasteiger partial charge in [-0.05, 0) is 32.6 Å². The summed E-state index contributed by atoms with van der Waals surface area (Å²) >= 11 is 0. The molecule has 0 aromatic heterocycles. The highest BCUT2D eigenvalue weighted by atomic mass is 16.4. The summed E-state index contributed by atoms with van der Waals surface area (Å²) in [5.74, 6) is -1.53. The van der Waals surface area contributed by atoms with Crippen molar-refractivity contribution < 1.29 is 19.5 Å². The van der Waals surface area contributed by atoms with Crippen molar-refractivity contribution in [2.24, 2.45) is 5.92 Å². The third-order valence-corrected chi connectivity index (χ3v) is 4.86. The molecule has 2 fully saturated rings. The first-order chi connectivity index (χ1) is 10.4. The summed E-state index contributed by atoms with van der Waals surface area (Å²) in [6.45, 7) is 6.06. The van der Waals surface area contributed by atoms with Crippen LogP contribution in [0.4, 0.5) is 0 Å². The van der Waals surface area contributed by atoms with Gasteiger partial charge in [0.25, 0.3) is 0 Å². The highest BCUT2D eigenvalue weighted by molar-refractivity contribution is 5.91.